The van der Waals surface area contributed by atoms with Crippen molar-refractivity contribution in [2.45, 2.75) is 58.7 Å². The number of methoxy groups -OCH3 is 1. The Morgan fingerprint density at radius 3 is 2.25 bits per heavy atom. The zero-order valence-corrected chi connectivity index (χ0v) is 22.3. The largest absolute Gasteiger partial charge is 0.497 e. The van der Waals surface area contributed by atoms with Crippen LogP contribution in [0.15, 0.2) is 48.5 Å². The van der Waals surface area contributed by atoms with Gasteiger partial charge in [0.1, 0.15) is 17.6 Å². The van der Waals surface area contributed by atoms with Crippen molar-refractivity contribution in [3.63, 3.8) is 0 Å². The smallest absolute Gasteiger partial charge is 0.243 e. The number of nitrogens with zero attached hydrogens (tertiary/aromatic N) is 2. The highest BCUT2D eigenvalue weighted by molar-refractivity contribution is 7.92. The second-order valence-electron chi connectivity index (χ2n) is 8.85. The van der Waals surface area contributed by atoms with E-state index in [1.54, 1.807) is 25.3 Å². The van der Waals surface area contributed by atoms with E-state index in [1.165, 1.54) is 23.1 Å². The molecule has 0 fully saturated rings. The molecule has 0 aliphatic rings. The maximum atomic E-state index is 14.3. The van der Waals surface area contributed by atoms with E-state index in [2.05, 4.69) is 5.32 Å². The number of benzene rings is 2. The van der Waals surface area contributed by atoms with E-state index < -0.39 is 21.9 Å². The Morgan fingerprint density at radius 2 is 1.72 bits per heavy atom. The molecule has 0 spiro atoms. The molecule has 8 nitrogen and oxygen atoms in total. The number of para-hydroxylation sites is 1. The molecule has 0 saturated carbocycles. The van der Waals surface area contributed by atoms with E-state index >= 15 is 0 Å². The fourth-order valence-corrected chi connectivity index (χ4v) is 4.83. The third-order valence-electron chi connectivity index (χ3n) is 5.60. The molecule has 0 bridgehead atoms. The number of carbonyl (C=O) groups excluding carboxylic acids is 2. The molecule has 1 atom stereocenters. The van der Waals surface area contributed by atoms with Gasteiger partial charge in [0.15, 0.2) is 0 Å². The van der Waals surface area contributed by atoms with Crippen molar-refractivity contribution < 1.29 is 27.1 Å². The van der Waals surface area contributed by atoms with Crippen LogP contribution in [0.1, 0.15) is 45.6 Å². The number of sulfonamides is 1. The lowest BCUT2D eigenvalue weighted by molar-refractivity contribution is -0.141. The van der Waals surface area contributed by atoms with Gasteiger partial charge >= 0.3 is 0 Å². The highest BCUT2D eigenvalue weighted by Crippen LogP contribution is 2.23. The van der Waals surface area contributed by atoms with Crippen molar-refractivity contribution in [1.82, 2.24) is 10.2 Å². The normalized spacial score (nSPS) is 12.2. The van der Waals surface area contributed by atoms with Crippen LogP contribution in [-0.4, -0.2) is 57.1 Å². The van der Waals surface area contributed by atoms with Gasteiger partial charge in [0.2, 0.25) is 21.8 Å². The number of ether oxygens (including phenoxy) is 1. The average Bonchev–Trinajstić information content (AvgIpc) is 2.81. The Hall–Kier alpha value is -3.14. The summed E-state index contributed by atoms with van der Waals surface area (Å²) in [5, 5.41) is 2.87. The van der Waals surface area contributed by atoms with Gasteiger partial charge in [-0.25, -0.2) is 12.8 Å². The summed E-state index contributed by atoms with van der Waals surface area (Å²) in [5.74, 6) is -0.529. The summed E-state index contributed by atoms with van der Waals surface area (Å²) >= 11 is 0. The quantitative estimate of drug-likeness (QED) is 0.434. The van der Waals surface area contributed by atoms with Crippen LogP contribution in [0.5, 0.6) is 5.75 Å². The Kier molecular flexibility index (Phi) is 10.7. The summed E-state index contributed by atoms with van der Waals surface area (Å²) in [4.78, 5) is 27.8. The fourth-order valence-electron chi connectivity index (χ4n) is 3.86. The van der Waals surface area contributed by atoms with E-state index in [4.69, 9.17) is 4.74 Å². The Morgan fingerprint density at radius 1 is 1.08 bits per heavy atom. The van der Waals surface area contributed by atoms with Gasteiger partial charge in [0.05, 0.1) is 19.1 Å². The molecule has 10 heteroatoms. The molecule has 0 unspecified atom stereocenters. The molecule has 0 aliphatic carbocycles. The molecular weight excluding hydrogens is 485 g/mol. The SMILES string of the molecule is CC[C@@H](C(=O)NC(C)C)N(Cc1ccc(OC)cc1)C(=O)CCCN(c1ccccc1F)S(C)(=O)=O. The number of hydrogen-bond acceptors (Lipinski definition) is 5. The lowest BCUT2D eigenvalue weighted by Gasteiger charge is -2.31. The van der Waals surface area contributed by atoms with E-state index in [9.17, 15) is 22.4 Å². The summed E-state index contributed by atoms with van der Waals surface area (Å²) in [5.41, 5.74) is 0.759. The van der Waals surface area contributed by atoms with Gasteiger partial charge in [-0.05, 0) is 56.5 Å². The Balaban J connectivity index is 2.23. The molecule has 1 N–H and O–H groups in total. The van der Waals surface area contributed by atoms with Crippen LogP contribution in [0, 0.1) is 5.82 Å². The molecule has 2 amide bonds. The minimum absolute atomic E-state index is 0.0118. The molecule has 2 rings (SSSR count). The highest BCUT2D eigenvalue weighted by Gasteiger charge is 2.29. The molecule has 198 valence electrons. The first kappa shape index (κ1) is 29.1. The zero-order chi connectivity index (χ0) is 26.9. The van der Waals surface area contributed by atoms with Gasteiger partial charge in [0.25, 0.3) is 0 Å². The monoisotopic (exact) mass is 521 g/mol. The van der Waals surface area contributed by atoms with Crippen molar-refractivity contribution in [1.29, 1.82) is 0 Å². The van der Waals surface area contributed by atoms with Crippen molar-refractivity contribution in [2.75, 3.05) is 24.2 Å². The standard InChI is InChI=1S/C26H36FN3O5S/c1-6-23(26(32)28-19(2)3)29(18-20-13-15-21(35-4)16-14-20)25(31)12-9-17-30(36(5,33)34)24-11-8-7-10-22(24)27/h7-8,10-11,13-16,19,23H,6,9,12,17-18H2,1-5H3,(H,28,32)/t23-/m0/s1. The predicted molar refractivity (Wildman–Crippen MR) is 139 cm³/mol. The van der Waals surface area contributed by atoms with Gasteiger partial charge in [-0.2, -0.15) is 0 Å². The second-order valence-corrected chi connectivity index (χ2v) is 10.8. The third-order valence-corrected chi connectivity index (χ3v) is 6.78. The van der Waals surface area contributed by atoms with Gasteiger partial charge in [-0.3, -0.25) is 13.9 Å². The molecule has 0 radical (unpaired) electrons. The minimum atomic E-state index is -3.77. The first-order chi connectivity index (χ1) is 17.0. The van der Waals surface area contributed by atoms with Gasteiger partial charge < -0.3 is 15.0 Å². The van der Waals surface area contributed by atoms with Crippen LogP contribution in [0.25, 0.3) is 0 Å². The summed E-state index contributed by atoms with van der Waals surface area (Å²) in [7, 11) is -2.20. The van der Waals surface area contributed by atoms with Crippen molar-refractivity contribution in [2.24, 2.45) is 0 Å². The number of nitrogens with one attached hydrogen (secondary N) is 1. The maximum absolute atomic E-state index is 14.3. The van der Waals surface area contributed by atoms with Crippen LogP contribution >= 0.6 is 0 Å². The first-order valence-corrected chi connectivity index (χ1v) is 13.8. The molecule has 2 aromatic carbocycles. The summed E-state index contributed by atoms with van der Waals surface area (Å²) in [6.45, 7) is 5.67. The van der Waals surface area contributed by atoms with Gasteiger partial charge in [-0.15, -0.1) is 0 Å². The molecule has 2 aromatic rings. The molecule has 0 heterocycles. The molecule has 0 saturated heterocycles. The molecular formula is C26H36FN3O5S. The van der Waals surface area contributed by atoms with E-state index in [-0.39, 0.29) is 49.5 Å². The number of rotatable bonds is 13. The molecule has 36 heavy (non-hydrogen) atoms. The third kappa shape index (κ3) is 8.22. The molecule has 0 aromatic heterocycles. The van der Waals surface area contributed by atoms with Crippen LogP contribution < -0.4 is 14.4 Å². The topological polar surface area (TPSA) is 96.0 Å². The van der Waals surface area contributed by atoms with E-state index in [0.29, 0.717) is 12.2 Å². The summed E-state index contributed by atoms with van der Waals surface area (Å²) in [6.07, 6.45) is 1.55. The van der Waals surface area contributed by atoms with Gasteiger partial charge in [-0.1, -0.05) is 31.2 Å². The average molecular weight is 522 g/mol. The minimum Gasteiger partial charge on any atom is -0.497 e. The Bertz CT molecular complexity index is 1120. The number of halogens is 1. The lowest BCUT2D eigenvalue weighted by atomic mass is 10.1. The van der Waals surface area contributed by atoms with Crippen molar-refractivity contribution in [3.8, 4) is 5.75 Å². The number of hydrogen-bond donors (Lipinski definition) is 1. The fraction of sp³-hybridized carbons (Fsp3) is 0.462. The number of amides is 2. The lowest BCUT2D eigenvalue weighted by Crippen LogP contribution is -2.50. The number of carbonyl (C=O) groups is 2. The first-order valence-electron chi connectivity index (χ1n) is 11.9. The second kappa shape index (κ2) is 13.2. The van der Waals surface area contributed by atoms with Crippen LogP contribution in [-0.2, 0) is 26.2 Å². The highest BCUT2D eigenvalue weighted by atomic mass is 32.2. The van der Waals surface area contributed by atoms with Crippen LogP contribution in [0.4, 0.5) is 10.1 Å². The summed E-state index contributed by atoms with van der Waals surface area (Å²) in [6, 6.07) is 12.0. The van der Waals surface area contributed by atoms with Crippen LogP contribution in [0.2, 0.25) is 0 Å². The van der Waals surface area contributed by atoms with E-state index in [1.807, 2.05) is 32.9 Å². The predicted octanol–water partition coefficient (Wildman–Crippen LogP) is 3.71. The van der Waals surface area contributed by atoms with Gasteiger partial charge in [0, 0.05) is 25.6 Å². The Labute approximate surface area is 213 Å². The maximum Gasteiger partial charge on any atom is 0.243 e. The zero-order valence-electron chi connectivity index (χ0n) is 21.5. The van der Waals surface area contributed by atoms with Crippen LogP contribution in [0.3, 0.4) is 0 Å². The number of anilines is 1. The van der Waals surface area contributed by atoms with Crippen molar-refractivity contribution in [3.05, 3.63) is 59.9 Å². The van der Waals surface area contributed by atoms with Crippen molar-refractivity contribution >= 4 is 27.5 Å². The molecule has 0 aliphatic heterocycles. The van der Waals surface area contributed by atoms with E-state index in [0.717, 1.165) is 16.1 Å². The summed E-state index contributed by atoms with van der Waals surface area (Å²) < 4.78 is 45.1.